The van der Waals surface area contributed by atoms with Crippen LogP contribution in [0.25, 0.3) is 0 Å². The maximum atomic E-state index is 12.5. The van der Waals surface area contributed by atoms with Crippen molar-refractivity contribution in [1.29, 1.82) is 0 Å². The number of hydrogen-bond donors (Lipinski definition) is 2. The van der Waals surface area contributed by atoms with Crippen LogP contribution in [-0.2, 0) is 16.1 Å². The number of nitrogens with one attached hydrogen (secondary N) is 1. The van der Waals surface area contributed by atoms with Gasteiger partial charge in [0.2, 0.25) is 0 Å². The van der Waals surface area contributed by atoms with Crippen LogP contribution in [0.2, 0.25) is 5.15 Å². The van der Waals surface area contributed by atoms with E-state index in [2.05, 4.69) is 9.97 Å². The number of nitrogens with two attached hydrogens (primary N) is 1. The van der Waals surface area contributed by atoms with E-state index in [0.29, 0.717) is 0 Å². The van der Waals surface area contributed by atoms with Gasteiger partial charge in [0.1, 0.15) is 11.0 Å². The highest BCUT2D eigenvalue weighted by atomic mass is 35.5. The fourth-order valence-electron chi connectivity index (χ4n) is 2.75. The molecule has 160 valence electrons. The summed E-state index contributed by atoms with van der Waals surface area (Å²) in [5.41, 5.74) is 5.15. The van der Waals surface area contributed by atoms with Crippen molar-refractivity contribution in [3.05, 3.63) is 85.8 Å². The number of nitrogens with zero attached hydrogens (tertiary/aromatic N) is 3. The highest BCUT2D eigenvalue weighted by Gasteiger charge is 2.22. The third-order valence-electron chi connectivity index (χ3n) is 4.40. The van der Waals surface area contributed by atoms with E-state index in [1.54, 1.807) is 24.3 Å². The number of likely N-dealkylation sites (N-methyl/N-ethyl adjacent to an activating group) is 1. The van der Waals surface area contributed by atoms with Gasteiger partial charge in [-0.15, -0.1) is 0 Å². The minimum Gasteiger partial charge on any atom is -0.452 e. The summed E-state index contributed by atoms with van der Waals surface area (Å²) in [6, 6.07) is 11.8. The van der Waals surface area contributed by atoms with Gasteiger partial charge in [0.15, 0.2) is 12.3 Å². The standard InChI is InChI=1S/C20H18ClN5O5/c1-25(15(27)11-31-19(29)13-7-8-14(21)23-9-13)16-17(22)26(20(30)24-18(16)28)10-12-5-3-2-4-6-12/h2-9H,10-11,22H2,1H3,(H,24,28,30). The minimum absolute atomic E-state index is 0.0931. The van der Waals surface area contributed by atoms with E-state index < -0.39 is 29.7 Å². The molecule has 31 heavy (non-hydrogen) atoms. The van der Waals surface area contributed by atoms with Crippen molar-refractivity contribution in [2.75, 3.05) is 24.3 Å². The zero-order valence-electron chi connectivity index (χ0n) is 16.4. The van der Waals surface area contributed by atoms with Crippen LogP contribution in [0.1, 0.15) is 15.9 Å². The second kappa shape index (κ2) is 9.26. The molecule has 0 aliphatic heterocycles. The molecule has 0 unspecified atom stereocenters. The number of nitrogen functional groups attached to an aromatic ring is 1. The average molecular weight is 444 g/mol. The van der Waals surface area contributed by atoms with E-state index in [1.165, 1.54) is 25.4 Å². The second-order valence-corrected chi connectivity index (χ2v) is 6.85. The average Bonchev–Trinajstić information content (AvgIpc) is 2.75. The predicted molar refractivity (Wildman–Crippen MR) is 114 cm³/mol. The molecular formula is C20H18ClN5O5. The highest BCUT2D eigenvalue weighted by Crippen LogP contribution is 2.16. The Morgan fingerprint density at radius 1 is 1.19 bits per heavy atom. The summed E-state index contributed by atoms with van der Waals surface area (Å²) >= 11 is 5.67. The van der Waals surface area contributed by atoms with Gasteiger partial charge in [0, 0.05) is 13.2 Å². The topological polar surface area (TPSA) is 140 Å². The molecule has 1 amide bonds. The number of hydrogen-bond acceptors (Lipinski definition) is 7. The molecule has 0 spiro atoms. The first-order chi connectivity index (χ1) is 14.8. The van der Waals surface area contributed by atoms with Crippen LogP contribution in [-0.4, -0.2) is 40.1 Å². The third-order valence-corrected chi connectivity index (χ3v) is 4.62. The Bertz CT molecular complexity index is 1220. The van der Waals surface area contributed by atoms with Crippen LogP contribution >= 0.6 is 11.6 Å². The van der Waals surface area contributed by atoms with Gasteiger partial charge in [-0.05, 0) is 17.7 Å². The number of esters is 1. The van der Waals surface area contributed by atoms with E-state index in [9.17, 15) is 19.2 Å². The van der Waals surface area contributed by atoms with Crippen molar-refractivity contribution in [3.63, 3.8) is 0 Å². The number of benzene rings is 1. The summed E-state index contributed by atoms with van der Waals surface area (Å²) < 4.78 is 6.11. The monoisotopic (exact) mass is 443 g/mol. The molecule has 0 bridgehead atoms. The van der Waals surface area contributed by atoms with Crippen molar-refractivity contribution in [1.82, 2.24) is 14.5 Å². The van der Waals surface area contributed by atoms with Gasteiger partial charge in [-0.25, -0.2) is 14.6 Å². The number of carbonyl (C=O) groups is 2. The molecule has 3 aromatic rings. The summed E-state index contributed by atoms with van der Waals surface area (Å²) in [6.07, 6.45) is 1.21. The number of H-pyrrole nitrogens is 1. The maximum absolute atomic E-state index is 12.5. The van der Waals surface area contributed by atoms with Crippen LogP contribution in [0.5, 0.6) is 0 Å². The first-order valence-corrected chi connectivity index (χ1v) is 9.37. The number of aromatic nitrogens is 3. The quantitative estimate of drug-likeness (QED) is 0.428. The largest absolute Gasteiger partial charge is 0.452 e. The second-order valence-electron chi connectivity index (χ2n) is 6.46. The van der Waals surface area contributed by atoms with Gasteiger partial charge in [-0.2, -0.15) is 0 Å². The lowest BCUT2D eigenvalue weighted by atomic mass is 10.2. The van der Waals surface area contributed by atoms with E-state index in [1.807, 2.05) is 6.07 Å². The SMILES string of the molecule is CN(C(=O)COC(=O)c1ccc(Cl)nc1)c1c(N)n(Cc2ccccc2)c(=O)[nH]c1=O. The molecule has 0 aliphatic carbocycles. The Labute approximate surface area is 180 Å². The minimum atomic E-state index is -0.837. The highest BCUT2D eigenvalue weighted by molar-refractivity contribution is 6.29. The summed E-state index contributed by atoms with van der Waals surface area (Å²) in [5.74, 6) is -1.71. The van der Waals surface area contributed by atoms with Crippen LogP contribution in [0, 0.1) is 0 Å². The van der Waals surface area contributed by atoms with Crippen molar-refractivity contribution < 1.29 is 14.3 Å². The zero-order valence-corrected chi connectivity index (χ0v) is 17.1. The molecular weight excluding hydrogens is 426 g/mol. The van der Waals surface area contributed by atoms with Crippen LogP contribution in [0.4, 0.5) is 11.5 Å². The Hall–Kier alpha value is -3.92. The summed E-state index contributed by atoms with van der Waals surface area (Å²) in [5, 5.41) is 0.202. The number of aromatic amines is 1. The maximum Gasteiger partial charge on any atom is 0.340 e. The van der Waals surface area contributed by atoms with Gasteiger partial charge in [0.05, 0.1) is 12.1 Å². The Balaban J connectivity index is 1.79. The molecule has 3 N–H and O–H groups in total. The number of pyridine rings is 1. The number of anilines is 2. The predicted octanol–water partition coefficient (Wildman–Crippen LogP) is 1.04. The smallest absolute Gasteiger partial charge is 0.340 e. The summed E-state index contributed by atoms with van der Waals surface area (Å²) in [4.78, 5) is 56.0. The molecule has 2 heterocycles. The van der Waals surface area contributed by atoms with Gasteiger partial charge in [-0.3, -0.25) is 19.1 Å². The number of rotatable bonds is 6. The summed E-state index contributed by atoms with van der Waals surface area (Å²) in [6.45, 7) is -0.565. The number of ether oxygens (including phenoxy) is 1. The molecule has 0 saturated carbocycles. The molecule has 1 aromatic carbocycles. The Morgan fingerprint density at radius 3 is 2.55 bits per heavy atom. The third kappa shape index (κ3) is 4.98. The zero-order chi connectivity index (χ0) is 22.5. The molecule has 10 nitrogen and oxygen atoms in total. The Morgan fingerprint density at radius 2 is 1.90 bits per heavy atom. The van der Waals surface area contributed by atoms with Gasteiger partial charge in [0.25, 0.3) is 11.5 Å². The lowest BCUT2D eigenvalue weighted by Gasteiger charge is -2.20. The number of carbonyl (C=O) groups excluding carboxylic acids is 2. The van der Waals surface area contributed by atoms with Gasteiger partial charge in [-0.1, -0.05) is 41.9 Å². The van der Waals surface area contributed by atoms with Crippen LogP contribution in [0.3, 0.4) is 0 Å². The molecule has 0 atom stereocenters. The molecule has 0 saturated heterocycles. The van der Waals surface area contributed by atoms with Crippen LogP contribution in [0.15, 0.2) is 58.3 Å². The normalized spacial score (nSPS) is 10.5. The van der Waals surface area contributed by atoms with Crippen molar-refractivity contribution in [3.8, 4) is 0 Å². The fourth-order valence-corrected chi connectivity index (χ4v) is 2.86. The van der Waals surface area contributed by atoms with E-state index >= 15 is 0 Å². The first-order valence-electron chi connectivity index (χ1n) is 8.99. The van der Waals surface area contributed by atoms with Crippen molar-refractivity contribution >= 4 is 35.0 Å². The van der Waals surface area contributed by atoms with Crippen molar-refractivity contribution in [2.45, 2.75) is 6.54 Å². The number of amides is 1. The molecule has 11 heteroatoms. The van der Waals surface area contributed by atoms with E-state index in [4.69, 9.17) is 22.1 Å². The molecule has 0 aliphatic rings. The van der Waals surface area contributed by atoms with Gasteiger partial charge < -0.3 is 15.4 Å². The fraction of sp³-hybridized carbons (Fsp3) is 0.150. The summed E-state index contributed by atoms with van der Waals surface area (Å²) in [7, 11) is 1.29. The van der Waals surface area contributed by atoms with Crippen LogP contribution < -0.4 is 21.9 Å². The molecule has 0 fully saturated rings. The van der Waals surface area contributed by atoms with E-state index in [-0.39, 0.29) is 28.8 Å². The molecule has 2 aromatic heterocycles. The van der Waals surface area contributed by atoms with Gasteiger partial charge >= 0.3 is 11.7 Å². The molecule has 0 radical (unpaired) electrons. The van der Waals surface area contributed by atoms with Crippen molar-refractivity contribution in [2.24, 2.45) is 0 Å². The molecule has 3 rings (SSSR count). The first kappa shape index (κ1) is 21.8. The lowest BCUT2D eigenvalue weighted by molar-refractivity contribution is -0.121. The lowest BCUT2D eigenvalue weighted by Crippen LogP contribution is -2.40. The Kier molecular flexibility index (Phi) is 6.51. The number of halogens is 1. The van der Waals surface area contributed by atoms with E-state index in [0.717, 1.165) is 15.0 Å².